The van der Waals surface area contributed by atoms with Crippen molar-refractivity contribution in [3.63, 3.8) is 0 Å². The van der Waals surface area contributed by atoms with Gasteiger partial charge in [0.25, 0.3) is 0 Å². The number of carboxylic acids is 2. The van der Waals surface area contributed by atoms with Crippen LogP contribution in [0.3, 0.4) is 0 Å². The molecule has 264 valence electrons. The van der Waals surface area contributed by atoms with Crippen LogP contribution < -0.4 is 15.6 Å². The van der Waals surface area contributed by atoms with Crippen LogP contribution in [-0.2, 0) is 0 Å². The maximum atomic E-state index is 11.7. The lowest BCUT2D eigenvalue weighted by Crippen LogP contribution is -2.26. The number of hydrogen-bond acceptors (Lipinski definition) is 5. The third kappa shape index (κ3) is 10.2. The van der Waals surface area contributed by atoms with Gasteiger partial charge in [-0.05, 0) is 59.7 Å². The molecule has 0 fully saturated rings. The number of carbonyl (C=O) groups is 2. The number of nitrogens with zero attached hydrogens (tertiary/aromatic N) is 3. The molecule has 5 aromatic rings. The average Bonchev–Trinajstić information content (AvgIpc) is 3.70. The van der Waals surface area contributed by atoms with E-state index in [9.17, 15) is 19.8 Å². The average molecular weight is 676 g/mol. The van der Waals surface area contributed by atoms with Gasteiger partial charge >= 0.3 is 11.9 Å². The number of anilines is 3. The van der Waals surface area contributed by atoms with Crippen LogP contribution in [0.25, 0.3) is 22.3 Å². The highest BCUT2D eigenvalue weighted by Gasteiger charge is 2.19. The molecule has 1 aliphatic rings. The Labute approximate surface area is 298 Å². The normalized spacial score (nSPS) is 9.96. The fourth-order valence-electron chi connectivity index (χ4n) is 5.01. The van der Waals surface area contributed by atoms with Gasteiger partial charge in [-0.25, -0.2) is 9.59 Å². The molecule has 0 aromatic heterocycles. The van der Waals surface area contributed by atoms with Crippen molar-refractivity contribution in [1.82, 2.24) is 0 Å². The van der Waals surface area contributed by atoms with Gasteiger partial charge in [-0.1, -0.05) is 136 Å². The topological polar surface area (TPSA) is 103 Å². The lowest BCUT2D eigenvalue weighted by atomic mass is 9.95. The third-order valence-corrected chi connectivity index (χ3v) is 6.87. The van der Waals surface area contributed by atoms with Crippen LogP contribution in [0.5, 0.6) is 0 Å². The molecule has 0 bridgehead atoms. The van der Waals surface area contributed by atoms with E-state index in [1.54, 1.807) is 6.07 Å². The van der Waals surface area contributed by atoms with Gasteiger partial charge in [0, 0.05) is 28.2 Å². The smallest absolute Gasteiger partial charge is 0.336 e. The second-order valence-electron chi connectivity index (χ2n) is 9.24. The van der Waals surface area contributed by atoms with Crippen molar-refractivity contribution in [2.45, 2.75) is 69.2 Å². The van der Waals surface area contributed by atoms with Crippen LogP contribution in [-0.4, -0.2) is 28.8 Å². The van der Waals surface area contributed by atoms with Crippen molar-refractivity contribution in [2.75, 3.05) is 11.6 Å². The van der Waals surface area contributed by atoms with E-state index in [2.05, 4.69) is 63.4 Å². The van der Waals surface area contributed by atoms with Gasteiger partial charge in [0.15, 0.2) is 0 Å². The number of para-hydroxylation sites is 2. The van der Waals surface area contributed by atoms with E-state index in [1.807, 2.05) is 118 Å². The number of benzene rings is 5. The summed E-state index contributed by atoms with van der Waals surface area (Å²) in [7, 11) is 0. The first-order valence-corrected chi connectivity index (χ1v) is 17.6. The van der Waals surface area contributed by atoms with Crippen molar-refractivity contribution in [2.24, 2.45) is 9.98 Å². The summed E-state index contributed by atoms with van der Waals surface area (Å²) in [5.74, 6) is -2.58. The molecule has 2 N–H and O–H groups in total. The highest BCUT2D eigenvalue weighted by molar-refractivity contribution is 6.02. The number of aromatic carboxylic acids is 2. The van der Waals surface area contributed by atoms with Gasteiger partial charge in [0.2, 0.25) is 0 Å². The van der Waals surface area contributed by atoms with Gasteiger partial charge in [-0.15, -0.1) is 0 Å². The zero-order chi connectivity index (χ0) is 37.6. The largest absolute Gasteiger partial charge is 0.478 e. The van der Waals surface area contributed by atoms with Gasteiger partial charge < -0.3 is 15.1 Å². The van der Waals surface area contributed by atoms with Crippen LogP contribution in [0.4, 0.5) is 17.1 Å². The third-order valence-electron chi connectivity index (χ3n) is 6.87. The van der Waals surface area contributed by atoms with E-state index >= 15 is 0 Å². The van der Waals surface area contributed by atoms with Crippen molar-refractivity contribution in [3.8, 4) is 22.3 Å². The second kappa shape index (κ2) is 22.9. The van der Waals surface area contributed by atoms with Crippen LogP contribution in [0.15, 0.2) is 125 Å². The molecular formula is C43H53N3O4. The number of fused-ring (bicyclic) bond motifs is 1. The summed E-state index contributed by atoms with van der Waals surface area (Å²) in [6, 6.07) is 36.8. The highest BCUT2D eigenvalue weighted by Crippen LogP contribution is 2.35. The van der Waals surface area contributed by atoms with E-state index in [1.165, 1.54) is 12.1 Å². The summed E-state index contributed by atoms with van der Waals surface area (Å²) in [6.45, 7) is 20.3. The Bertz CT molecular complexity index is 1830. The van der Waals surface area contributed by atoms with E-state index in [4.69, 9.17) is 0 Å². The van der Waals surface area contributed by atoms with Crippen LogP contribution in [0.2, 0.25) is 0 Å². The van der Waals surface area contributed by atoms with E-state index in [0.29, 0.717) is 16.5 Å². The first-order chi connectivity index (χ1) is 24.5. The van der Waals surface area contributed by atoms with Crippen LogP contribution in [0, 0.1) is 0 Å². The molecule has 0 atom stereocenters. The Morgan fingerprint density at radius 3 is 1.28 bits per heavy atom. The summed E-state index contributed by atoms with van der Waals surface area (Å²) in [5, 5.41) is 20.3. The van der Waals surface area contributed by atoms with Gasteiger partial charge in [-0.2, -0.15) is 0 Å². The molecule has 1 aliphatic heterocycles. The molecule has 0 amide bonds. The molecule has 0 spiro atoms. The van der Waals surface area contributed by atoms with Crippen molar-refractivity contribution in [1.29, 1.82) is 0 Å². The summed E-state index contributed by atoms with van der Waals surface area (Å²) in [6.07, 6.45) is 0. The zero-order valence-electron chi connectivity index (χ0n) is 31.2. The zero-order valence-corrected chi connectivity index (χ0v) is 31.2. The first kappa shape index (κ1) is 42.5. The summed E-state index contributed by atoms with van der Waals surface area (Å²) in [5.41, 5.74) is 5.75. The second-order valence-corrected chi connectivity index (χ2v) is 9.24. The molecule has 6 rings (SSSR count). The minimum atomic E-state index is -1.30. The summed E-state index contributed by atoms with van der Waals surface area (Å²) >= 11 is 0. The monoisotopic (exact) mass is 675 g/mol. The van der Waals surface area contributed by atoms with Crippen molar-refractivity contribution < 1.29 is 19.8 Å². The predicted molar refractivity (Wildman–Crippen MR) is 210 cm³/mol. The lowest BCUT2D eigenvalue weighted by molar-refractivity contribution is 0.0651. The Morgan fingerprint density at radius 1 is 0.480 bits per heavy atom. The first-order valence-electron chi connectivity index (χ1n) is 17.6. The molecular weight excluding hydrogens is 622 g/mol. The molecule has 0 saturated carbocycles. The highest BCUT2D eigenvalue weighted by atomic mass is 16.4. The molecule has 0 aliphatic carbocycles. The molecule has 7 heteroatoms. The molecule has 50 heavy (non-hydrogen) atoms. The Balaban J connectivity index is 0.00000115. The Morgan fingerprint density at radius 2 is 0.860 bits per heavy atom. The number of rotatable bonds is 7. The van der Waals surface area contributed by atoms with E-state index in [0.717, 1.165) is 33.5 Å². The molecule has 5 aromatic carbocycles. The predicted octanol–water partition coefficient (Wildman–Crippen LogP) is 11.2. The van der Waals surface area contributed by atoms with Crippen LogP contribution >= 0.6 is 0 Å². The fourth-order valence-corrected chi connectivity index (χ4v) is 5.01. The molecule has 0 radical (unpaired) electrons. The van der Waals surface area contributed by atoms with Gasteiger partial charge in [0.05, 0.1) is 21.8 Å². The summed E-state index contributed by atoms with van der Waals surface area (Å²) in [4.78, 5) is 34.6. The van der Waals surface area contributed by atoms with Crippen molar-refractivity contribution in [3.05, 3.63) is 137 Å². The standard InChI is InChI=1S/C33H23N3O4.5C2H6/c37-32(38)28-16-13-22(19-29(28)33(39)40)27-18-17-26(30-31(27)35-20-34-30)21-11-14-25(15-12-21)36(23-7-3-1-4-8-23)24-9-5-2-6-10-24;5*1-2/h1-19H,20H2,(H,37,38)(H,39,40);5*1-2H3. The fraction of sp³-hybridized carbons (Fsp3) is 0.256. The quantitative estimate of drug-likeness (QED) is 0.179. The Hall–Kier alpha value is -5.56. The maximum Gasteiger partial charge on any atom is 0.336 e. The molecule has 1 heterocycles. The minimum absolute atomic E-state index is 0.258. The number of carboxylic acid groups (broad SMARTS) is 2. The van der Waals surface area contributed by atoms with Gasteiger partial charge in [0.1, 0.15) is 6.67 Å². The Kier molecular flexibility index (Phi) is 19.5. The molecule has 7 nitrogen and oxygen atoms in total. The summed E-state index contributed by atoms with van der Waals surface area (Å²) < 4.78 is 0. The SMILES string of the molecule is CC.CC.CC.CC.CC.O=C(O)c1ccc(-c2ccc(-c3ccc(N(c4ccccc4)c4ccccc4)cc3)c3c2=NCN=3)cc1C(=O)O. The van der Waals surface area contributed by atoms with Crippen LogP contribution in [0.1, 0.15) is 90.0 Å². The lowest BCUT2D eigenvalue weighted by Gasteiger charge is -2.25. The maximum absolute atomic E-state index is 11.7. The van der Waals surface area contributed by atoms with Crippen molar-refractivity contribution >= 4 is 29.0 Å². The minimum Gasteiger partial charge on any atom is -0.478 e. The van der Waals surface area contributed by atoms with E-state index in [-0.39, 0.29) is 17.8 Å². The van der Waals surface area contributed by atoms with Gasteiger partial charge in [-0.3, -0.25) is 9.98 Å². The number of hydrogen-bond donors (Lipinski definition) is 2. The molecule has 0 saturated heterocycles. The van der Waals surface area contributed by atoms with E-state index < -0.39 is 11.9 Å². The molecule has 0 unspecified atom stereocenters.